The number of nitrogens with zero attached hydrogens (tertiary/aromatic N) is 2. The molecule has 1 saturated carbocycles. The normalized spacial score (nSPS) is 18.1. The van der Waals surface area contributed by atoms with E-state index >= 15 is 0 Å². The van der Waals surface area contributed by atoms with E-state index in [9.17, 15) is 0 Å². The van der Waals surface area contributed by atoms with E-state index in [0.29, 0.717) is 5.96 Å². The number of thiophene rings is 1. The molecule has 0 amide bonds. The molecule has 2 N–H and O–H groups in total. The molecule has 1 fully saturated rings. The first kappa shape index (κ1) is 18.7. The van der Waals surface area contributed by atoms with Gasteiger partial charge in [0, 0.05) is 23.4 Å². The average molecular weight is 421 g/mol. The molecule has 5 heteroatoms. The summed E-state index contributed by atoms with van der Waals surface area (Å²) in [5.74, 6) is 0.705. The Hall–Kier alpha value is -0.300. The second-order valence-corrected chi connectivity index (χ2v) is 6.61. The summed E-state index contributed by atoms with van der Waals surface area (Å²) in [7, 11) is 0. The predicted molar refractivity (Wildman–Crippen MR) is 104 cm³/mol. The van der Waals surface area contributed by atoms with Crippen molar-refractivity contribution in [1.29, 1.82) is 0 Å². The lowest BCUT2D eigenvalue weighted by Gasteiger charge is -2.35. The first-order valence-electron chi connectivity index (χ1n) is 7.80. The predicted octanol–water partition coefficient (Wildman–Crippen LogP) is 4.22. The Morgan fingerprint density at radius 3 is 2.48 bits per heavy atom. The zero-order chi connectivity index (χ0) is 14.4. The van der Waals surface area contributed by atoms with Gasteiger partial charge in [-0.15, -0.1) is 35.3 Å². The largest absolute Gasteiger partial charge is 0.370 e. The highest BCUT2D eigenvalue weighted by atomic mass is 127. The lowest BCUT2D eigenvalue weighted by Crippen LogP contribution is -2.39. The molecule has 21 heavy (non-hydrogen) atoms. The van der Waals surface area contributed by atoms with E-state index in [4.69, 9.17) is 10.7 Å². The minimum absolute atomic E-state index is 0. The molecule has 0 aromatic carbocycles. The van der Waals surface area contributed by atoms with Gasteiger partial charge in [0.1, 0.15) is 0 Å². The standard InChI is InChI=1S/C16H27N3S.HI/c1-3-19(4-2)15(17)18-13-16(10-6-5-7-11-16)14-9-8-12-20-14;/h8-9,12H,3-7,10-11,13H2,1-2H3,(H2,17,18);1H. The summed E-state index contributed by atoms with van der Waals surface area (Å²) in [5, 5.41) is 2.18. The van der Waals surface area contributed by atoms with E-state index in [-0.39, 0.29) is 29.4 Å². The third-order valence-electron chi connectivity index (χ3n) is 4.49. The number of nitrogens with two attached hydrogens (primary N) is 1. The van der Waals surface area contributed by atoms with Crippen LogP contribution in [-0.2, 0) is 5.41 Å². The fraction of sp³-hybridized carbons (Fsp3) is 0.688. The molecule has 1 aromatic heterocycles. The maximum Gasteiger partial charge on any atom is 0.191 e. The molecular weight excluding hydrogens is 393 g/mol. The zero-order valence-corrected chi connectivity index (χ0v) is 16.3. The highest BCUT2D eigenvalue weighted by Gasteiger charge is 2.34. The van der Waals surface area contributed by atoms with Gasteiger partial charge in [-0.3, -0.25) is 4.99 Å². The number of hydrogen-bond donors (Lipinski definition) is 1. The molecule has 0 aliphatic heterocycles. The van der Waals surface area contributed by atoms with Crippen LogP contribution in [0, 0.1) is 0 Å². The Balaban J connectivity index is 0.00000220. The van der Waals surface area contributed by atoms with Gasteiger partial charge in [0.2, 0.25) is 0 Å². The Morgan fingerprint density at radius 1 is 1.29 bits per heavy atom. The van der Waals surface area contributed by atoms with Crippen molar-refractivity contribution in [1.82, 2.24) is 4.90 Å². The van der Waals surface area contributed by atoms with Crippen LogP contribution in [0.15, 0.2) is 22.5 Å². The number of hydrogen-bond acceptors (Lipinski definition) is 2. The van der Waals surface area contributed by atoms with Crippen molar-refractivity contribution in [3.05, 3.63) is 22.4 Å². The number of guanidine groups is 1. The smallest absolute Gasteiger partial charge is 0.191 e. The van der Waals surface area contributed by atoms with Gasteiger partial charge in [-0.2, -0.15) is 0 Å². The Kier molecular flexibility index (Phi) is 8.02. The van der Waals surface area contributed by atoms with Crippen LogP contribution < -0.4 is 5.73 Å². The average Bonchev–Trinajstić information content (AvgIpc) is 3.02. The van der Waals surface area contributed by atoms with Crippen molar-refractivity contribution in [2.75, 3.05) is 19.6 Å². The maximum absolute atomic E-state index is 6.15. The molecule has 1 aromatic rings. The van der Waals surface area contributed by atoms with Crippen molar-refractivity contribution >= 4 is 41.3 Å². The second-order valence-electron chi connectivity index (χ2n) is 5.67. The van der Waals surface area contributed by atoms with E-state index in [1.807, 2.05) is 11.3 Å². The summed E-state index contributed by atoms with van der Waals surface area (Å²) in [6.45, 7) is 6.95. The van der Waals surface area contributed by atoms with Crippen LogP contribution in [0.1, 0.15) is 50.8 Å². The van der Waals surface area contributed by atoms with Gasteiger partial charge >= 0.3 is 0 Å². The fourth-order valence-electron chi connectivity index (χ4n) is 3.17. The molecule has 0 atom stereocenters. The van der Waals surface area contributed by atoms with Crippen molar-refractivity contribution in [2.24, 2.45) is 10.7 Å². The molecule has 0 radical (unpaired) electrons. The Morgan fingerprint density at radius 2 is 1.95 bits per heavy atom. The van der Waals surface area contributed by atoms with Crippen LogP contribution in [0.5, 0.6) is 0 Å². The van der Waals surface area contributed by atoms with Crippen molar-refractivity contribution in [3.63, 3.8) is 0 Å². The summed E-state index contributed by atoms with van der Waals surface area (Å²) in [4.78, 5) is 8.37. The number of aliphatic imine (C=N–C) groups is 1. The third kappa shape index (κ3) is 4.58. The van der Waals surface area contributed by atoms with Crippen LogP contribution in [0.3, 0.4) is 0 Å². The summed E-state index contributed by atoms with van der Waals surface area (Å²) >= 11 is 1.88. The molecule has 1 heterocycles. The van der Waals surface area contributed by atoms with Crippen molar-refractivity contribution in [2.45, 2.75) is 51.4 Å². The molecule has 1 aliphatic rings. The topological polar surface area (TPSA) is 41.6 Å². The van der Waals surface area contributed by atoms with Crippen LogP contribution in [0.2, 0.25) is 0 Å². The molecule has 120 valence electrons. The summed E-state index contributed by atoms with van der Waals surface area (Å²) in [6.07, 6.45) is 6.50. The van der Waals surface area contributed by atoms with E-state index in [2.05, 4.69) is 36.3 Å². The lowest BCUT2D eigenvalue weighted by atomic mass is 9.73. The summed E-state index contributed by atoms with van der Waals surface area (Å²) in [5.41, 5.74) is 6.39. The highest BCUT2D eigenvalue weighted by Crippen LogP contribution is 2.41. The minimum Gasteiger partial charge on any atom is -0.370 e. The molecule has 0 bridgehead atoms. The molecular formula is C16H28IN3S. The fourth-order valence-corrected chi connectivity index (χ4v) is 4.15. The number of rotatable bonds is 5. The van der Waals surface area contributed by atoms with Gasteiger partial charge in [0.15, 0.2) is 5.96 Å². The van der Waals surface area contributed by atoms with Gasteiger partial charge in [-0.05, 0) is 38.1 Å². The van der Waals surface area contributed by atoms with Gasteiger partial charge in [-0.1, -0.05) is 25.3 Å². The second kappa shape index (κ2) is 8.98. The molecule has 0 spiro atoms. The Bertz CT molecular complexity index is 421. The van der Waals surface area contributed by atoms with E-state index in [1.165, 1.54) is 37.0 Å². The van der Waals surface area contributed by atoms with E-state index in [0.717, 1.165) is 19.6 Å². The molecule has 3 nitrogen and oxygen atoms in total. The first-order valence-corrected chi connectivity index (χ1v) is 8.68. The zero-order valence-electron chi connectivity index (χ0n) is 13.2. The quantitative estimate of drug-likeness (QED) is 0.439. The van der Waals surface area contributed by atoms with Crippen LogP contribution in [0.4, 0.5) is 0 Å². The minimum atomic E-state index is 0. The number of halogens is 1. The SMILES string of the molecule is CCN(CC)C(N)=NCC1(c2cccs2)CCCCC1.I. The first-order chi connectivity index (χ1) is 9.72. The van der Waals surface area contributed by atoms with Gasteiger partial charge in [0.25, 0.3) is 0 Å². The van der Waals surface area contributed by atoms with E-state index < -0.39 is 0 Å². The van der Waals surface area contributed by atoms with Gasteiger partial charge < -0.3 is 10.6 Å². The van der Waals surface area contributed by atoms with Gasteiger partial charge in [-0.25, -0.2) is 0 Å². The van der Waals surface area contributed by atoms with Crippen molar-refractivity contribution in [3.8, 4) is 0 Å². The molecule has 1 aliphatic carbocycles. The molecule has 2 rings (SSSR count). The molecule has 0 unspecified atom stereocenters. The molecule has 0 saturated heterocycles. The van der Waals surface area contributed by atoms with E-state index in [1.54, 1.807) is 0 Å². The lowest BCUT2D eigenvalue weighted by molar-refractivity contribution is 0.305. The summed E-state index contributed by atoms with van der Waals surface area (Å²) in [6, 6.07) is 4.44. The monoisotopic (exact) mass is 421 g/mol. The third-order valence-corrected chi connectivity index (χ3v) is 5.60. The highest BCUT2D eigenvalue weighted by molar-refractivity contribution is 14.0. The van der Waals surface area contributed by atoms with Crippen LogP contribution in [0.25, 0.3) is 0 Å². The maximum atomic E-state index is 6.15. The Labute approximate surface area is 150 Å². The van der Waals surface area contributed by atoms with Crippen LogP contribution >= 0.6 is 35.3 Å². The van der Waals surface area contributed by atoms with Gasteiger partial charge in [0.05, 0.1) is 6.54 Å². The van der Waals surface area contributed by atoms with Crippen molar-refractivity contribution < 1.29 is 0 Å². The summed E-state index contributed by atoms with van der Waals surface area (Å²) < 4.78 is 0. The van der Waals surface area contributed by atoms with Crippen LogP contribution in [-0.4, -0.2) is 30.5 Å².